The standard InChI is InChI=1S/C19H33N3O/c1-5-20(6-2)13-15-22(16-14-21(7-3)8-4)19-12-10-9-11-18(19)17-23/h9-12,17H,5-8,13-16H2,1-4H3. The lowest BCUT2D eigenvalue weighted by molar-refractivity contribution is 0.112. The summed E-state index contributed by atoms with van der Waals surface area (Å²) in [6, 6.07) is 7.92. The molecule has 0 saturated heterocycles. The number of rotatable bonds is 12. The number of para-hydroxylation sites is 1. The van der Waals surface area contributed by atoms with Crippen molar-refractivity contribution in [2.75, 3.05) is 57.3 Å². The number of likely N-dealkylation sites (N-methyl/N-ethyl adjacent to an activating group) is 2. The first-order chi connectivity index (χ1) is 11.2. The Bertz CT molecular complexity index is 426. The predicted molar refractivity (Wildman–Crippen MR) is 99.6 cm³/mol. The maximum atomic E-state index is 11.4. The molecular formula is C19H33N3O. The maximum Gasteiger partial charge on any atom is 0.152 e. The van der Waals surface area contributed by atoms with Crippen molar-refractivity contribution < 1.29 is 4.79 Å². The molecule has 0 aromatic heterocycles. The van der Waals surface area contributed by atoms with Crippen LogP contribution < -0.4 is 4.90 Å². The third kappa shape index (κ3) is 6.32. The molecule has 0 aliphatic heterocycles. The highest BCUT2D eigenvalue weighted by Crippen LogP contribution is 2.18. The Labute approximate surface area is 142 Å². The van der Waals surface area contributed by atoms with E-state index in [2.05, 4.69) is 48.5 Å². The average molecular weight is 319 g/mol. The van der Waals surface area contributed by atoms with Gasteiger partial charge in [0.1, 0.15) is 0 Å². The summed E-state index contributed by atoms with van der Waals surface area (Å²) in [5, 5.41) is 0. The van der Waals surface area contributed by atoms with E-state index in [4.69, 9.17) is 0 Å². The van der Waals surface area contributed by atoms with Crippen LogP contribution in [0, 0.1) is 0 Å². The van der Waals surface area contributed by atoms with Crippen molar-refractivity contribution in [2.45, 2.75) is 27.7 Å². The summed E-state index contributed by atoms with van der Waals surface area (Å²) in [4.78, 5) is 18.6. The molecular weight excluding hydrogens is 286 g/mol. The van der Waals surface area contributed by atoms with E-state index in [0.29, 0.717) is 0 Å². The van der Waals surface area contributed by atoms with Crippen LogP contribution in [-0.4, -0.2) is 68.4 Å². The first kappa shape index (κ1) is 19.7. The lowest BCUT2D eigenvalue weighted by Gasteiger charge is -2.31. The molecule has 0 spiro atoms. The fraction of sp³-hybridized carbons (Fsp3) is 0.632. The number of carbonyl (C=O) groups excluding carboxylic acids is 1. The molecule has 4 heteroatoms. The van der Waals surface area contributed by atoms with Crippen LogP contribution in [-0.2, 0) is 0 Å². The van der Waals surface area contributed by atoms with E-state index >= 15 is 0 Å². The van der Waals surface area contributed by atoms with Crippen molar-refractivity contribution in [3.8, 4) is 0 Å². The van der Waals surface area contributed by atoms with Gasteiger partial charge in [-0.15, -0.1) is 0 Å². The molecule has 0 aliphatic rings. The fourth-order valence-electron chi connectivity index (χ4n) is 2.83. The van der Waals surface area contributed by atoms with E-state index < -0.39 is 0 Å². The van der Waals surface area contributed by atoms with Crippen molar-refractivity contribution in [2.24, 2.45) is 0 Å². The topological polar surface area (TPSA) is 26.8 Å². The molecule has 0 N–H and O–H groups in total. The summed E-state index contributed by atoms with van der Waals surface area (Å²) in [5.74, 6) is 0. The van der Waals surface area contributed by atoms with Gasteiger partial charge in [-0.1, -0.05) is 39.8 Å². The second-order valence-corrected chi connectivity index (χ2v) is 5.72. The summed E-state index contributed by atoms with van der Waals surface area (Å²) in [6.07, 6.45) is 0.969. The number of benzene rings is 1. The molecule has 4 nitrogen and oxygen atoms in total. The molecule has 0 radical (unpaired) electrons. The molecule has 0 atom stereocenters. The molecule has 0 fully saturated rings. The highest BCUT2D eigenvalue weighted by Gasteiger charge is 2.13. The van der Waals surface area contributed by atoms with Gasteiger partial charge in [-0.3, -0.25) is 4.79 Å². The van der Waals surface area contributed by atoms with E-state index in [-0.39, 0.29) is 0 Å². The quantitative estimate of drug-likeness (QED) is 0.553. The second-order valence-electron chi connectivity index (χ2n) is 5.72. The zero-order valence-corrected chi connectivity index (χ0v) is 15.3. The third-order valence-electron chi connectivity index (χ3n) is 4.57. The van der Waals surface area contributed by atoms with E-state index in [1.54, 1.807) is 0 Å². The average Bonchev–Trinajstić information content (AvgIpc) is 2.61. The van der Waals surface area contributed by atoms with E-state index in [0.717, 1.165) is 69.9 Å². The van der Waals surface area contributed by atoms with E-state index in [1.165, 1.54) is 0 Å². The molecule has 0 heterocycles. The summed E-state index contributed by atoms with van der Waals surface area (Å²) >= 11 is 0. The zero-order chi connectivity index (χ0) is 17.1. The number of aldehydes is 1. The maximum absolute atomic E-state index is 11.4. The lowest BCUT2D eigenvalue weighted by atomic mass is 10.1. The molecule has 130 valence electrons. The Morgan fingerprint density at radius 2 is 1.26 bits per heavy atom. The Morgan fingerprint density at radius 3 is 1.70 bits per heavy atom. The van der Waals surface area contributed by atoms with Crippen LogP contribution >= 0.6 is 0 Å². The van der Waals surface area contributed by atoms with Crippen LogP contribution in [0.25, 0.3) is 0 Å². The Morgan fingerprint density at radius 1 is 0.783 bits per heavy atom. The Balaban J connectivity index is 2.84. The van der Waals surface area contributed by atoms with Crippen molar-refractivity contribution >= 4 is 12.0 Å². The van der Waals surface area contributed by atoms with E-state index in [1.807, 2.05) is 18.2 Å². The molecule has 23 heavy (non-hydrogen) atoms. The van der Waals surface area contributed by atoms with Gasteiger partial charge in [0.05, 0.1) is 0 Å². The molecule has 1 aromatic carbocycles. The monoisotopic (exact) mass is 319 g/mol. The minimum atomic E-state index is 0.784. The van der Waals surface area contributed by atoms with Gasteiger partial charge in [0, 0.05) is 37.4 Å². The minimum absolute atomic E-state index is 0.784. The molecule has 0 bridgehead atoms. The normalized spacial score (nSPS) is 11.2. The number of carbonyl (C=O) groups is 1. The van der Waals surface area contributed by atoms with Gasteiger partial charge in [-0.2, -0.15) is 0 Å². The van der Waals surface area contributed by atoms with Gasteiger partial charge in [0.25, 0.3) is 0 Å². The molecule has 0 amide bonds. The van der Waals surface area contributed by atoms with Crippen molar-refractivity contribution in [3.05, 3.63) is 29.8 Å². The Hall–Kier alpha value is -1.39. The zero-order valence-electron chi connectivity index (χ0n) is 15.3. The minimum Gasteiger partial charge on any atom is -0.368 e. The van der Waals surface area contributed by atoms with Gasteiger partial charge in [0.15, 0.2) is 6.29 Å². The van der Waals surface area contributed by atoms with Gasteiger partial charge in [-0.25, -0.2) is 0 Å². The first-order valence-electron chi connectivity index (χ1n) is 8.93. The largest absolute Gasteiger partial charge is 0.368 e. The van der Waals surface area contributed by atoms with Crippen molar-refractivity contribution in [3.63, 3.8) is 0 Å². The van der Waals surface area contributed by atoms with Crippen LogP contribution in [0.15, 0.2) is 24.3 Å². The smallest absolute Gasteiger partial charge is 0.152 e. The summed E-state index contributed by atoms with van der Waals surface area (Å²) in [5.41, 5.74) is 1.84. The van der Waals surface area contributed by atoms with Crippen LogP contribution in [0.5, 0.6) is 0 Å². The lowest BCUT2D eigenvalue weighted by Crippen LogP contribution is -2.40. The molecule has 1 rings (SSSR count). The van der Waals surface area contributed by atoms with Crippen LogP contribution in [0.3, 0.4) is 0 Å². The second kappa shape index (κ2) is 11.2. The van der Waals surface area contributed by atoms with Gasteiger partial charge in [-0.05, 0) is 38.3 Å². The fourth-order valence-corrected chi connectivity index (χ4v) is 2.83. The number of hydrogen-bond acceptors (Lipinski definition) is 4. The van der Waals surface area contributed by atoms with Crippen molar-refractivity contribution in [1.82, 2.24) is 9.80 Å². The summed E-state index contributed by atoms with van der Waals surface area (Å²) in [6.45, 7) is 17.0. The van der Waals surface area contributed by atoms with Gasteiger partial charge in [0.2, 0.25) is 0 Å². The first-order valence-corrected chi connectivity index (χ1v) is 8.93. The number of anilines is 1. The molecule has 0 unspecified atom stereocenters. The third-order valence-corrected chi connectivity index (χ3v) is 4.57. The highest BCUT2D eigenvalue weighted by atomic mass is 16.1. The van der Waals surface area contributed by atoms with Crippen LogP contribution in [0.2, 0.25) is 0 Å². The predicted octanol–water partition coefficient (Wildman–Crippen LogP) is 2.99. The molecule has 0 aliphatic carbocycles. The Kier molecular flexibility index (Phi) is 9.57. The molecule has 1 aromatic rings. The van der Waals surface area contributed by atoms with Gasteiger partial charge < -0.3 is 14.7 Å². The number of hydrogen-bond donors (Lipinski definition) is 0. The summed E-state index contributed by atoms with van der Waals surface area (Å²) in [7, 11) is 0. The summed E-state index contributed by atoms with van der Waals surface area (Å²) < 4.78 is 0. The van der Waals surface area contributed by atoms with Gasteiger partial charge >= 0.3 is 0 Å². The highest BCUT2D eigenvalue weighted by molar-refractivity contribution is 5.84. The number of nitrogens with zero attached hydrogens (tertiary/aromatic N) is 3. The van der Waals surface area contributed by atoms with Crippen LogP contribution in [0.1, 0.15) is 38.1 Å². The van der Waals surface area contributed by atoms with Crippen LogP contribution in [0.4, 0.5) is 5.69 Å². The SMILES string of the molecule is CCN(CC)CCN(CCN(CC)CC)c1ccccc1C=O. The van der Waals surface area contributed by atoms with Crippen molar-refractivity contribution in [1.29, 1.82) is 0 Å². The molecule has 0 saturated carbocycles. The van der Waals surface area contributed by atoms with E-state index in [9.17, 15) is 4.79 Å².